The van der Waals surface area contributed by atoms with Crippen LogP contribution in [0.1, 0.15) is 53.7 Å². The molecule has 1 N–H and O–H groups in total. The molecule has 0 aliphatic heterocycles. The molecule has 1 saturated carbocycles. The third-order valence-corrected chi connectivity index (χ3v) is 6.51. The molecular weight excluding hydrogens is 368 g/mol. The Morgan fingerprint density at radius 3 is 2.61 bits per heavy atom. The minimum absolute atomic E-state index is 0.113. The number of thiazole rings is 1. The Labute approximate surface area is 167 Å². The van der Waals surface area contributed by atoms with Crippen LogP contribution in [0.15, 0.2) is 36.4 Å². The summed E-state index contributed by atoms with van der Waals surface area (Å²) in [6.45, 7) is 6.32. The van der Waals surface area contributed by atoms with Gasteiger partial charge in [0.2, 0.25) is 0 Å². The van der Waals surface area contributed by atoms with Gasteiger partial charge < -0.3 is 5.32 Å². The molecule has 1 fully saturated rings. The number of aryl methyl sites for hydroxylation is 2. The Hall–Kier alpha value is -2.80. The molecule has 0 amide bonds. The van der Waals surface area contributed by atoms with E-state index in [1.807, 2.05) is 16.6 Å². The predicted octanol–water partition coefficient (Wildman–Crippen LogP) is 4.92. The van der Waals surface area contributed by atoms with Crippen molar-refractivity contribution in [3.8, 4) is 10.6 Å². The van der Waals surface area contributed by atoms with Crippen LogP contribution in [0.2, 0.25) is 0 Å². The monoisotopic (exact) mass is 390 g/mol. The molecule has 4 aromatic rings. The van der Waals surface area contributed by atoms with Crippen LogP contribution in [-0.2, 0) is 0 Å². The maximum absolute atomic E-state index is 4.79. The Kier molecular flexibility index (Phi) is 4.12. The van der Waals surface area contributed by atoms with Crippen LogP contribution < -0.4 is 5.32 Å². The maximum Gasteiger partial charge on any atom is 0.178 e. The van der Waals surface area contributed by atoms with Crippen molar-refractivity contribution in [3.63, 3.8) is 0 Å². The van der Waals surface area contributed by atoms with Crippen molar-refractivity contribution in [2.24, 2.45) is 0 Å². The summed E-state index contributed by atoms with van der Waals surface area (Å²) in [6, 6.07) is 12.6. The Bertz CT molecular complexity index is 1140. The van der Waals surface area contributed by atoms with Gasteiger partial charge in [0.25, 0.3) is 0 Å². The molecule has 1 unspecified atom stereocenters. The summed E-state index contributed by atoms with van der Waals surface area (Å²) in [7, 11) is 0. The second kappa shape index (κ2) is 6.67. The fourth-order valence-electron chi connectivity index (χ4n) is 3.40. The lowest BCUT2D eigenvalue weighted by molar-refractivity contribution is 0.799. The lowest BCUT2D eigenvalue weighted by Crippen LogP contribution is -2.10. The molecule has 1 aliphatic rings. The van der Waals surface area contributed by atoms with E-state index in [9.17, 15) is 0 Å². The molecule has 0 radical (unpaired) electrons. The molecule has 1 atom stereocenters. The highest BCUT2D eigenvalue weighted by atomic mass is 32.1. The van der Waals surface area contributed by atoms with Crippen molar-refractivity contribution in [3.05, 3.63) is 58.4 Å². The second-order valence-corrected chi connectivity index (χ2v) is 8.55. The van der Waals surface area contributed by atoms with Crippen LogP contribution in [0.3, 0.4) is 0 Å². The minimum Gasteiger partial charge on any atom is -0.361 e. The first-order valence-corrected chi connectivity index (χ1v) is 10.4. The van der Waals surface area contributed by atoms with Gasteiger partial charge in [-0.15, -0.1) is 26.6 Å². The van der Waals surface area contributed by atoms with Crippen LogP contribution in [0.5, 0.6) is 0 Å². The zero-order chi connectivity index (χ0) is 19.3. The SMILES string of the molecule is Cc1ccc(-c2nc(C)c(C(C)Nc3ccc4nnc(C5CC5)n4n3)s2)cc1. The van der Waals surface area contributed by atoms with Gasteiger partial charge in [0.15, 0.2) is 11.5 Å². The Morgan fingerprint density at radius 2 is 1.86 bits per heavy atom. The maximum atomic E-state index is 4.79. The molecule has 142 valence electrons. The predicted molar refractivity (Wildman–Crippen MR) is 112 cm³/mol. The van der Waals surface area contributed by atoms with E-state index in [2.05, 4.69) is 60.6 Å². The van der Waals surface area contributed by atoms with E-state index in [0.717, 1.165) is 33.6 Å². The summed E-state index contributed by atoms with van der Waals surface area (Å²) in [5.41, 5.74) is 4.28. The van der Waals surface area contributed by atoms with Gasteiger partial charge in [0, 0.05) is 16.4 Å². The first-order valence-electron chi connectivity index (χ1n) is 9.62. The number of anilines is 1. The van der Waals surface area contributed by atoms with E-state index < -0.39 is 0 Å². The van der Waals surface area contributed by atoms with Gasteiger partial charge in [-0.3, -0.25) is 0 Å². The minimum atomic E-state index is 0.113. The molecule has 1 aromatic carbocycles. The van der Waals surface area contributed by atoms with Crippen molar-refractivity contribution < 1.29 is 0 Å². The largest absolute Gasteiger partial charge is 0.361 e. The van der Waals surface area contributed by atoms with Gasteiger partial charge in [-0.05, 0) is 45.7 Å². The van der Waals surface area contributed by atoms with Crippen LogP contribution in [0.25, 0.3) is 16.2 Å². The van der Waals surface area contributed by atoms with Crippen molar-refractivity contribution in [1.29, 1.82) is 0 Å². The van der Waals surface area contributed by atoms with E-state index in [0.29, 0.717) is 5.92 Å². The zero-order valence-electron chi connectivity index (χ0n) is 16.2. The van der Waals surface area contributed by atoms with Gasteiger partial charge in [-0.2, -0.15) is 4.52 Å². The van der Waals surface area contributed by atoms with Gasteiger partial charge >= 0.3 is 0 Å². The van der Waals surface area contributed by atoms with Gasteiger partial charge in [0.1, 0.15) is 10.8 Å². The molecule has 0 saturated heterocycles. The van der Waals surface area contributed by atoms with E-state index >= 15 is 0 Å². The molecule has 3 heterocycles. The number of aromatic nitrogens is 5. The average Bonchev–Trinajstić information content (AvgIpc) is 3.32. The quantitative estimate of drug-likeness (QED) is 0.524. The van der Waals surface area contributed by atoms with Crippen molar-refractivity contribution in [2.45, 2.75) is 45.6 Å². The molecule has 0 spiro atoms. The zero-order valence-corrected chi connectivity index (χ0v) is 17.0. The van der Waals surface area contributed by atoms with Gasteiger partial charge in [-0.1, -0.05) is 29.8 Å². The van der Waals surface area contributed by atoms with Crippen LogP contribution >= 0.6 is 11.3 Å². The second-order valence-electron chi connectivity index (χ2n) is 7.52. The van der Waals surface area contributed by atoms with Crippen LogP contribution in [-0.4, -0.2) is 24.8 Å². The van der Waals surface area contributed by atoms with Crippen LogP contribution in [0, 0.1) is 13.8 Å². The van der Waals surface area contributed by atoms with Crippen molar-refractivity contribution in [1.82, 2.24) is 24.8 Å². The van der Waals surface area contributed by atoms with E-state index in [-0.39, 0.29) is 6.04 Å². The fraction of sp³-hybridized carbons (Fsp3) is 0.333. The third kappa shape index (κ3) is 3.16. The van der Waals surface area contributed by atoms with E-state index in [4.69, 9.17) is 10.1 Å². The number of benzene rings is 1. The number of fused-ring (bicyclic) bond motifs is 1. The molecular formula is C21H22N6S. The van der Waals surface area contributed by atoms with E-state index in [1.165, 1.54) is 23.3 Å². The first-order chi connectivity index (χ1) is 13.6. The van der Waals surface area contributed by atoms with E-state index in [1.54, 1.807) is 11.3 Å². The highest BCUT2D eigenvalue weighted by molar-refractivity contribution is 7.15. The fourth-order valence-corrected chi connectivity index (χ4v) is 4.47. The topological polar surface area (TPSA) is 68.0 Å². The summed E-state index contributed by atoms with van der Waals surface area (Å²) in [4.78, 5) is 6.02. The smallest absolute Gasteiger partial charge is 0.178 e. The summed E-state index contributed by atoms with van der Waals surface area (Å²) in [5, 5.41) is 17.8. The summed E-state index contributed by atoms with van der Waals surface area (Å²) >= 11 is 1.74. The normalized spacial score (nSPS) is 15.1. The lowest BCUT2D eigenvalue weighted by Gasteiger charge is -2.13. The molecule has 1 aliphatic carbocycles. The molecule has 3 aromatic heterocycles. The Balaban J connectivity index is 1.41. The summed E-state index contributed by atoms with van der Waals surface area (Å²) in [6.07, 6.45) is 2.36. The number of nitrogens with zero attached hydrogens (tertiary/aromatic N) is 5. The first kappa shape index (κ1) is 17.3. The molecule has 6 nitrogen and oxygen atoms in total. The highest BCUT2D eigenvalue weighted by Gasteiger charge is 2.29. The van der Waals surface area contributed by atoms with Gasteiger partial charge in [0.05, 0.1) is 11.7 Å². The number of nitrogens with one attached hydrogen (secondary N) is 1. The number of rotatable bonds is 5. The number of hydrogen-bond acceptors (Lipinski definition) is 6. The highest BCUT2D eigenvalue weighted by Crippen LogP contribution is 2.39. The summed E-state index contributed by atoms with van der Waals surface area (Å²) in [5.74, 6) is 2.31. The van der Waals surface area contributed by atoms with Gasteiger partial charge in [-0.25, -0.2) is 4.98 Å². The van der Waals surface area contributed by atoms with Crippen molar-refractivity contribution in [2.75, 3.05) is 5.32 Å². The standard InChI is InChI=1S/C21H22N6S/c1-12-4-6-16(7-5-12)21-23-14(3)19(28-21)13(2)22-17-10-11-18-24-25-20(15-8-9-15)27(18)26-17/h4-7,10-11,13,15H,8-9H2,1-3H3,(H,22,26). The summed E-state index contributed by atoms with van der Waals surface area (Å²) < 4.78 is 1.88. The Morgan fingerprint density at radius 1 is 1.07 bits per heavy atom. The average molecular weight is 391 g/mol. The molecule has 0 bridgehead atoms. The van der Waals surface area contributed by atoms with Crippen molar-refractivity contribution >= 4 is 22.8 Å². The molecule has 7 heteroatoms. The third-order valence-electron chi connectivity index (χ3n) is 5.12. The number of hydrogen-bond donors (Lipinski definition) is 1. The molecule has 5 rings (SSSR count). The van der Waals surface area contributed by atoms with Crippen LogP contribution in [0.4, 0.5) is 5.82 Å². The molecule has 28 heavy (non-hydrogen) atoms. The lowest BCUT2D eigenvalue weighted by atomic mass is 10.2.